The first-order valence-corrected chi connectivity index (χ1v) is 9.67. The van der Waals surface area contributed by atoms with E-state index in [9.17, 15) is 9.90 Å². The summed E-state index contributed by atoms with van der Waals surface area (Å²) in [7, 11) is 3.26. The predicted molar refractivity (Wildman–Crippen MR) is 110 cm³/mol. The van der Waals surface area contributed by atoms with Gasteiger partial charge in [0.15, 0.2) is 18.1 Å². The Morgan fingerprint density at radius 3 is 2.41 bits per heavy atom. The quantitative estimate of drug-likeness (QED) is 0.771. The summed E-state index contributed by atoms with van der Waals surface area (Å²) in [6.07, 6.45) is 0. The fourth-order valence-electron chi connectivity index (χ4n) is 3.49. The minimum Gasteiger partial charge on any atom is -0.508 e. The summed E-state index contributed by atoms with van der Waals surface area (Å²) in [5, 5.41) is 9.47. The lowest BCUT2D eigenvalue weighted by Gasteiger charge is -2.38. The summed E-state index contributed by atoms with van der Waals surface area (Å²) in [5.41, 5.74) is 1.15. The Kier molecular flexibility index (Phi) is 6.82. The number of phenolic OH excluding ortho intramolecular Hbond substituents is 1. The molecule has 0 bridgehead atoms. The molecule has 0 aliphatic carbocycles. The fourth-order valence-corrected chi connectivity index (χ4v) is 3.49. The van der Waals surface area contributed by atoms with Gasteiger partial charge in [0.05, 0.1) is 14.2 Å². The van der Waals surface area contributed by atoms with Crippen LogP contribution in [0.2, 0.25) is 0 Å². The Morgan fingerprint density at radius 2 is 1.76 bits per heavy atom. The standard InChI is InChI=1S/C22H28N2O5/c1-16(17-7-8-20(27-2)21(13-17)28-3)23-9-11-24(12-10-23)22(26)15-29-19-6-4-5-18(25)14-19/h4-8,13-14,16,25H,9-12,15H2,1-3H3. The highest BCUT2D eigenvalue weighted by atomic mass is 16.5. The van der Waals surface area contributed by atoms with Crippen LogP contribution >= 0.6 is 0 Å². The number of hydrogen-bond acceptors (Lipinski definition) is 6. The van der Waals surface area contributed by atoms with Crippen molar-refractivity contribution in [3.8, 4) is 23.0 Å². The van der Waals surface area contributed by atoms with Crippen molar-refractivity contribution in [1.82, 2.24) is 9.80 Å². The van der Waals surface area contributed by atoms with Crippen LogP contribution in [0.5, 0.6) is 23.0 Å². The van der Waals surface area contributed by atoms with E-state index in [-0.39, 0.29) is 24.3 Å². The summed E-state index contributed by atoms with van der Waals surface area (Å²) >= 11 is 0. The van der Waals surface area contributed by atoms with E-state index in [4.69, 9.17) is 14.2 Å². The van der Waals surface area contributed by atoms with Crippen LogP contribution in [0.4, 0.5) is 0 Å². The van der Waals surface area contributed by atoms with E-state index in [2.05, 4.69) is 11.8 Å². The first-order chi connectivity index (χ1) is 14.0. The molecule has 2 aromatic carbocycles. The molecule has 29 heavy (non-hydrogen) atoms. The number of hydrogen-bond donors (Lipinski definition) is 1. The molecule has 1 unspecified atom stereocenters. The van der Waals surface area contributed by atoms with E-state index in [1.807, 2.05) is 23.1 Å². The molecule has 1 amide bonds. The molecule has 156 valence electrons. The average Bonchev–Trinajstić information content (AvgIpc) is 2.76. The van der Waals surface area contributed by atoms with Crippen LogP contribution in [-0.2, 0) is 4.79 Å². The lowest BCUT2D eigenvalue weighted by molar-refractivity contribution is -0.135. The molecule has 1 saturated heterocycles. The molecule has 1 fully saturated rings. The van der Waals surface area contributed by atoms with Crippen LogP contribution < -0.4 is 14.2 Å². The van der Waals surface area contributed by atoms with E-state index in [0.717, 1.165) is 24.4 Å². The molecule has 7 heteroatoms. The van der Waals surface area contributed by atoms with E-state index in [1.165, 1.54) is 6.07 Å². The normalized spacial score (nSPS) is 15.6. The van der Waals surface area contributed by atoms with E-state index < -0.39 is 0 Å². The Bertz CT molecular complexity index is 834. The molecule has 1 aliphatic heterocycles. The van der Waals surface area contributed by atoms with Gasteiger partial charge < -0.3 is 24.2 Å². The monoisotopic (exact) mass is 400 g/mol. The van der Waals surface area contributed by atoms with Crippen molar-refractivity contribution in [2.75, 3.05) is 47.0 Å². The molecule has 2 aromatic rings. The van der Waals surface area contributed by atoms with Crippen LogP contribution in [-0.4, -0.2) is 67.8 Å². The van der Waals surface area contributed by atoms with E-state index in [1.54, 1.807) is 32.4 Å². The number of methoxy groups -OCH3 is 2. The first-order valence-electron chi connectivity index (χ1n) is 9.67. The van der Waals surface area contributed by atoms with Gasteiger partial charge in [-0.1, -0.05) is 12.1 Å². The van der Waals surface area contributed by atoms with Crippen LogP contribution in [0.25, 0.3) is 0 Å². The number of phenols is 1. The topological polar surface area (TPSA) is 71.5 Å². The van der Waals surface area contributed by atoms with Crippen LogP contribution in [0.3, 0.4) is 0 Å². The maximum Gasteiger partial charge on any atom is 0.260 e. The molecular weight excluding hydrogens is 372 g/mol. The highest BCUT2D eigenvalue weighted by Crippen LogP contribution is 2.32. The maximum atomic E-state index is 12.4. The summed E-state index contributed by atoms with van der Waals surface area (Å²) in [6.45, 7) is 5.00. The largest absolute Gasteiger partial charge is 0.508 e. The van der Waals surface area contributed by atoms with Crippen molar-refractivity contribution in [1.29, 1.82) is 0 Å². The fraction of sp³-hybridized carbons (Fsp3) is 0.409. The maximum absolute atomic E-state index is 12.4. The molecule has 1 atom stereocenters. The summed E-state index contributed by atoms with van der Waals surface area (Å²) in [4.78, 5) is 16.6. The van der Waals surface area contributed by atoms with Gasteiger partial charge in [0, 0.05) is 38.3 Å². The van der Waals surface area contributed by atoms with E-state index in [0.29, 0.717) is 24.6 Å². The van der Waals surface area contributed by atoms with Gasteiger partial charge in [-0.05, 0) is 36.8 Å². The van der Waals surface area contributed by atoms with Crippen molar-refractivity contribution < 1.29 is 24.1 Å². The molecule has 0 spiro atoms. The second kappa shape index (κ2) is 9.52. The van der Waals surface area contributed by atoms with Crippen molar-refractivity contribution in [2.45, 2.75) is 13.0 Å². The number of benzene rings is 2. The van der Waals surface area contributed by atoms with Gasteiger partial charge >= 0.3 is 0 Å². The number of carbonyl (C=O) groups excluding carboxylic acids is 1. The lowest BCUT2D eigenvalue weighted by Crippen LogP contribution is -2.50. The van der Waals surface area contributed by atoms with Crippen LogP contribution in [0.1, 0.15) is 18.5 Å². The second-order valence-electron chi connectivity index (χ2n) is 6.99. The Morgan fingerprint density at radius 1 is 1.03 bits per heavy atom. The highest BCUT2D eigenvalue weighted by molar-refractivity contribution is 5.77. The first kappa shape index (κ1) is 20.8. The third kappa shape index (κ3) is 5.12. The molecule has 3 rings (SSSR count). The molecule has 1 heterocycles. The van der Waals surface area contributed by atoms with Crippen molar-refractivity contribution in [2.24, 2.45) is 0 Å². The molecule has 7 nitrogen and oxygen atoms in total. The number of rotatable bonds is 7. The summed E-state index contributed by atoms with van der Waals surface area (Å²) < 4.78 is 16.2. The third-order valence-corrected chi connectivity index (χ3v) is 5.28. The van der Waals surface area contributed by atoms with Crippen LogP contribution in [0.15, 0.2) is 42.5 Å². The summed E-state index contributed by atoms with van der Waals surface area (Å²) in [5.74, 6) is 1.99. The minimum absolute atomic E-state index is 0.0330. The van der Waals surface area contributed by atoms with Crippen molar-refractivity contribution in [3.63, 3.8) is 0 Å². The van der Waals surface area contributed by atoms with Gasteiger partial charge in [-0.2, -0.15) is 0 Å². The molecule has 0 saturated carbocycles. The molecule has 1 N–H and O–H groups in total. The smallest absolute Gasteiger partial charge is 0.260 e. The van der Waals surface area contributed by atoms with Gasteiger partial charge in [0.2, 0.25) is 0 Å². The number of carbonyl (C=O) groups is 1. The average molecular weight is 400 g/mol. The number of amides is 1. The number of ether oxygens (including phenoxy) is 3. The second-order valence-corrected chi connectivity index (χ2v) is 6.99. The zero-order valence-corrected chi connectivity index (χ0v) is 17.1. The predicted octanol–water partition coefficient (Wildman–Crippen LogP) is 2.69. The van der Waals surface area contributed by atoms with E-state index >= 15 is 0 Å². The van der Waals surface area contributed by atoms with Gasteiger partial charge in [0.25, 0.3) is 5.91 Å². The Hall–Kier alpha value is -2.93. The lowest BCUT2D eigenvalue weighted by atomic mass is 10.1. The minimum atomic E-state index is -0.0493. The molecular formula is C22H28N2O5. The number of nitrogens with zero attached hydrogens (tertiary/aromatic N) is 2. The van der Waals surface area contributed by atoms with Crippen LogP contribution in [0, 0.1) is 0 Å². The third-order valence-electron chi connectivity index (χ3n) is 5.28. The Balaban J connectivity index is 1.52. The zero-order valence-electron chi connectivity index (χ0n) is 17.1. The molecule has 0 aromatic heterocycles. The van der Waals surface area contributed by atoms with Gasteiger partial charge in [0.1, 0.15) is 11.5 Å². The van der Waals surface area contributed by atoms with Gasteiger partial charge in [-0.25, -0.2) is 0 Å². The van der Waals surface area contributed by atoms with Crippen molar-refractivity contribution >= 4 is 5.91 Å². The Labute approximate surface area is 171 Å². The summed E-state index contributed by atoms with van der Waals surface area (Å²) in [6, 6.07) is 12.6. The molecule has 0 radical (unpaired) electrons. The van der Waals surface area contributed by atoms with Gasteiger partial charge in [-0.3, -0.25) is 9.69 Å². The van der Waals surface area contributed by atoms with Crippen molar-refractivity contribution in [3.05, 3.63) is 48.0 Å². The van der Waals surface area contributed by atoms with Gasteiger partial charge in [-0.15, -0.1) is 0 Å². The molecule has 1 aliphatic rings. The highest BCUT2D eigenvalue weighted by Gasteiger charge is 2.25. The number of piperazine rings is 1. The number of aromatic hydroxyl groups is 1. The SMILES string of the molecule is COc1ccc(C(C)N2CCN(C(=O)COc3cccc(O)c3)CC2)cc1OC. The zero-order chi connectivity index (χ0) is 20.8.